The van der Waals surface area contributed by atoms with E-state index in [4.69, 9.17) is 10.7 Å². The maximum atomic E-state index is 13.8. The predicted molar refractivity (Wildman–Crippen MR) is 122 cm³/mol. The summed E-state index contributed by atoms with van der Waals surface area (Å²) in [4.78, 5) is 4.93. The van der Waals surface area contributed by atoms with Crippen molar-refractivity contribution in [2.45, 2.75) is 45.8 Å². The molecule has 166 valence electrons. The summed E-state index contributed by atoms with van der Waals surface area (Å²) >= 11 is 0. The molecule has 6 heteroatoms. The number of hydrogen-bond donors (Lipinski definition) is 2. The van der Waals surface area contributed by atoms with E-state index in [1.807, 2.05) is 30.5 Å². The van der Waals surface area contributed by atoms with E-state index in [1.165, 1.54) is 12.1 Å². The van der Waals surface area contributed by atoms with Crippen LogP contribution in [-0.4, -0.2) is 28.8 Å². The van der Waals surface area contributed by atoms with E-state index in [0.29, 0.717) is 19.5 Å². The highest BCUT2D eigenvalue weighted by atomic mass is 19.1. The van der Waals surface area contributed by atoms with Gasteiger partial charge in [-0.15, -0.1) is 0 Å². The minimum Gasteiger partial charge on any atom is -0.329 e. The van der Waals surface area contributed by atoms with Crippen molar-refractivity contribution in [1.29, 1.82) is 0 Å². The van der Waals surface area contributed by atoms with Crippen LogP contribution in [0.2, 0.25) is 0 Å². The van der Waals surface area contributed by atoms with Gasteiger partial charge in [0, 0.05) is 24.3 Å². The Morgan fingerprint density at radius 1 is 1.10 bits per heavy atom. The fourth-order valence-electron chi connectivity index (χ4n) is 3.63. The fourth-order valence-corrected chi connectivity index (χ4v) is 3.63. The maximum absolute atomic E-state index is 13.8. The van der Waals surface area contributed by atoms with E-state index in [-0.39, 0.29) is 17.3 Å². The molecule has 1 aromatic heterocycles. The fraction of sp³-hybridized carbons (Fsp3) is 0.400. The molecule has 0 radical (unpaired) electrons. The number of hydrogen-bond acceptors (Lipinski definition) is 3. The van der Waals surface area contributed by atoms with Crippen LogP contribution in [0.4, 0.5) is 8.78 Å². The van der Waals surface area contributed by atoms with Gasteiger partial charge in [-0.05, 0) is 36.1 Å². The molecule has 0 aliphatic carbocycles. The van der Waals surface area contributed by atoms with Gasteiger partial charge in [0.25, 0.3) is 0 Å². The first-order valence-electron chi connectivity index (χ1n) is 10.7. The summed E-state index contributed by atoms with van der Waals surface area (Å²) in [5, 5.41) is 3.54. The number of nitrogens with one attached hydrogen (secondary N) is 1. The lowest BCUT2D eigenvalue weighted by atomic mass is 9.86. The average Bonchev–Trinajstić information content (AvgIpc) is 3.14. The molecule has 0 saturated carbocycles. The van der Waals surface area contributed by atoms with Crippen LogP contribution in [0.3, 0.4) is 0 Å². The van der Waals surface area contributed by atoms with Crippen LogP contribution in [0, 0.1) is 11.2 Å². The Labute approximate surface area is 183 Å². The largest absolute Gasteiger partial charge is 0.329 e. The van der Waals surface area contributed by atoms with E-state index in [0.717, 1.165) is 22.6 Å². The molecule has 0 saturated heterocycles. The Morgan fingerprint density at radius 3 is 2.48 bits per heavy atom. The summed E-state index contributed by atoms with van der Waals surface area (Å²) in [6.45, 7) is 7.13. The van der Waals surface area contributed by atoms with E-state index in [1.54, 1.807) is 6.07 Å². The molecule has 0 unspecified atom stereocenters. The van der Waals surface area contributed by atoms with Gasteiger partial charge in [-0.2, -0.15) is 0 Å². The van der Waals surface area contributed by atoms with Gasteiger partial charge in [0.2, 0.25) is 0 Å². The van der Waals surface area contributed by atoms with E-state index in [2.05, 4.69) is 42.8 Å². The molecule has 0 aliphatic rings. The third-order valence-corrected chi connectivity index (χ3v) is 5.31. The monoisotopic (exact) mass is 426 g/mol. The first-order valence-corrected chi connectivity index (χ1v) is 10.7. The van der Waals surface area contributed by atoms with Gasteiger partial charge in [0.15, 0.2) is 0 Å². The van der Waals surface area contributed by atoms with Crippen LogP contribution < -0.4 is 11.1 Å². The summed E-state index contributed by atoms with van der Waals surface area (Å²) in [7, 11) is 0. The number of imidazole rings is 1. The Balaban J connectivity index is 1.99. The van der Waals surface area contributed by atoms with Crippen molar-refractivity contribution in [2.75, 3.05) is 13.2 Å². The minimum atomic E-state index is -0.534. The molecule has 31 heavy (non-hydrogen) atoms. The Kier molecular flexibility index (Phi) is 7.57. The van der Waals surface area contributed by atoms with Crippen LogP contribution in [0.15, 0.2) is 60.8 Å². The number of nitrogens with zero attached hydrogens (tertiary/aromatic N) is 2. The Morgan fingerprint density at radius 2 is 1.84 bits per heavy atom. The number of nitrogens with two attached hydrogens (primary N) is 1. The third-order valence-electron chi connectivity index (χ3n) is 5.31. The molecule has 0 amide bonds. The van der Waals surface area contributed by atoms with Gasteiger partial charge >= 0.3 is 0 Å². The van der Waals surface area contributed by atoms with Crippen LogP contribution in [-0.2, 0) is 6.54 Å². The van der Waals surface area contributed by atoms with Gasteiger partial charge in [0.05, 0.1) is 11.7 Å². The van der Waals surface area contributed by atoms with E-state index < -0.39 is 12.7 Å². The molecule has 0 fully saturated rings. The van der Waals surface area contributed by atoms with Gasteiger partial charge in [0.1, 0.15) is 18.3 Å². The lowest BCUT2D eigenvalue weighted by molar-refractivity contribution is 0.252. The molecule has 2 atom stereocenters. The van der Waals surface area contributed by atoms with Crippen molar-refractivity contribution in [3.05, 3.63) is 78.0 Å². The molecule has 3 rings (SSSR count). The molecule has 0 bridgehead atoms. The highest BCUT2D eigenvalue weighted by Gasteiger charge is 2.30. The highest BCUT2D eigenvalue weighted by molar-refractivity contribution is 5.58. The van der Waals surface area contributed by atoms with Crippen molar-refractivity contribution < 1.29 is 8.78 Å². The molecular formula is C25H32F2N4. The molecular weight excluding hydrogens is 394 g/mol. The highest BCUT2D eigenvalue weighted by Crippen LogP contribution is 2.34. The third kappa shape index (κ3) is 6.21. The summed E-state index contributed by atoms with van der Waals surface area (Å²) in [5.74, 6) is 0.576. The normalized spacial score (nSPS) is 13.9. The molecule has 1 heterocycles. The van der Waals surface area contributed by atoms with Crippen LogP contribution in [0.1, 0.15) is 44.6 Å². The van der Waals surface area contributed by atoms with Crippen molar-refractivity contribution in [3.63, 3.8) is 0 Å². The number of aromatic nitrogens is 2. The minimum absolute atomic E-state index is 0.0923. The summed E-state index contributed by atoms with van der Waals surface area (Å²) in [6, 6.07) is 16.1. The van der Waals surface area contributed by atoms with Crippen molar-refractivity contribution in [1.82, 2.24) is 14.9 Å². The zero-order valence-electron chi connectivity index (χ0n) is 18.5. The average molecular weight is 427 g/mol. The SMILES string of the molecule is CC(C)(C)[C@@H](NCC[C@H](N)CF)c1nc(-c2cccc(F)c2)cn1Cc1ccccc1. The Bertz CT molecular complexity index is 963. The number of alkyl halides is 1. The van der Waals surface area contributed by atoms with Crippen LogP contribution in [0.25, 0.3) is 11.3 Å². The smallest absolute Gasteiger partial charge is 0.127 e. The molecule has 4 nitrogen and oxygen atoms in total. The second-order valence-electron chi connectivity index (χ2n) is 9.06. The lowest BCUT2D eigenvalue weighted by Crippen LogP contribution is -2.37. The zero-order chi connectivity index (χ0) is 22.4. The molecule has 0 aliphatic heterocycles. The Hall–Kier alpha value is -2.57. The first kappa shape index (κ1) is 23.1. The van der Waals surface area contributed by atoms with Crippen molar-refractivity contribution in [2.24, 2.45) is 11.1 Å². The van der Waals surface area contributed by atoms with Gasteiger partial charge in [-0.1, -0.05) is 63.2 Å². The van der Waals surface area contributed by atoms with Crippen LogP contribution >= 0.6 is 0 Å². The van der Waals surface area contributed by atoms with Crippen molar-refractivity contribution >= 4 is 0 Å². The van der Waals surface area contributed by atoms with E-state index >= 15 is 0 Å². The molecule has 0 spiro atoms. The van der Waals surface area contributed by atoms with Gasteiger partial charge < -0.3 is 15.6 Å². The number of benzene rings is 2. The standard InChI is InChI=1S/C25H32F2N4/c1-25(2,3)23(29-13-12-21(28)15-26)24-30-22(19-10-7-11-20(27)14-19)17-31(24)16-18-8-5-4-6-9-18/h4-11,14,17,21,23,29H,12-13,15-16,28H2,1-3H3/t21-,23-/m0/s1. The topological polar surface area (TPSA) is 55.9 Å². The van der Waals surface area contributed by atoms with Gasteiger partial charge in [-0.3, -0.25) is 0 Å². The first-order chi connectivity index (χ1) is 14.8. The van der Waals surface area contributed by atoms with E-state index in [9.17, 15) is 8.78 Å². The predicted octanol–water partition coefficient (Wildman–Crippen LogP) is 5.10. The maximum Gasteiger partial charge on any atom is 0.127 e. The summed E-state index contributed by atoms with van der Waals surface area (Å²) in [5.41, 5.74) is 8.22. The van der Waals surface area contributed by atoms with Crippen LogP contribution in [0.5, 0.6) is 0 Å². The zero-order valence-corrected chi connectivity index (χ0v) is 18.5. The summed E-state index contributed by atoms with van der Waals surface area (Å²) < 4.78 is 28.8. The number of rotatable bonds is 9. The lowest BCUT2D eigenvalue weighted by Gasteiger charge is -2.32. The molecule has 3 aromatic rings. The second kappa shape index (κ2) is 10.2. The summed E-state index contributed by atoms with van der Waals surface area (Å²) in [6.07, 6.45) is 2.52. The second-order valence-corrected chi connectivity index (χ2v) is 9.06. The van der Waals surface area contributed by atoms with Crippen molar-refractivity contribution in [3.8, 4) is 11.3 Å². The number of halogens is 2. The molecule has 3 N–H and O–H groups in total. The molecule has 2 aromatic carbocycles. The van der Waals surface area contributed by atoms with Gasteiger partial charge in [-0.25, -0.2) is 13.8 Å². The quantitative estimate of drug-likeness (QED) is 0.500.